The second-order valence-electron chi connectivity index (χ2n) is 17.5. The Balaban J connectivity index is 1.46. The number of aromatic nitrogens is 5. The Hall–Kier alpha value is -5.54. The first-order chi connectivity index (χ1) is 32.2. The molecule has 1 unspecified atom stereocenters. The zero-order valence-corrected chi connectivity index (χ0v) is 39.3. The van der Waals surface area contributed by atoms with E-state index in [4.69, 9.17) is 16.3 Å². The van der Waals surface area contributed by atoms with E-state index in [0.29, 0.717) is 12.3 Å². The normalized spacial score (nSPS) is 17.3. The number of benzene rings is 2. The van der Waals surface area contributed by atoms with Gasteiger partial charge in [0, 0.05) is 40.6 Å². The Bertz CT molecular complexity index is 3120. The van der Waals surface area contributed by atoms with Gasteiger partial charge in [-0.15, -0.1) is 0 Å². The number of pyridine rings is 1. The van der Waals surface area contributed by atoms with Crippen LogP contribution in [0.15, 0.2) is 42.5 Å². The van der Waals surface area contributed by atoms with Crippen molar-refractivity contribution in [3.05, 3.63) is 93.0 Å². The quantitative estimate of drug-likeness (QED) is 0.0917. The van der Waals surface area contributed by atoms with E-state index in [1.54, 1.807) is 0 Å². The molecule has 1 saturated carbocycles. The second-order valence-corrected chi connectivity index (χ2v) is 22.4. The Morgan fingerprint density at radius 1 is 0.971 bits per heavy atom. The van der Waals surface area contributed by atoms with Crippen LogP contribution in [0, 0.1) is 17.6 Å². The van der Waals surface area contributed by atoms with Crippen molar-refractivity contribution in [1.82, 2.24) is 29.9 Å². The Morgan fingerprint density at radius 3 is 2.20 bits per heavy atom. The lowest BCUT2D eigenvalue weighted by Gasteiger charge is -2.25. The van der Waals surface area contributed by atoms with Gasteiger partial charge in [-0.3, -0.25) is 19.1 Å². The summed E-state index contributed by atoms with van der Waals surface area (Å²) in [6.45, 7) is -2.03. The molecule has 28 heteroatoms. The molecule has 0 radical (unpaired) electrons. The largest absolute Gasteiger partial charge is 0.446 e. The predicted octanol–water partition coefficient (Wildman–Crippen LogP) is 7.77. The third-order valence-corrected chi connectivity index (χ3v) is 15.5. The summed E-state index contributed by atoms with van der Waals surface area (Å²) >= 11 is 6.57. The third kappa shape index (κ3) is 10.4. The standard InChI is InChI=1S/C42H40ClF10N7O8S2/c1-39(2,69(3,64)65)10-9-23-5-6-24(25-7-8-28(43)32-34(25)59(19-40(46,47)48)57-37(32)60(70(4,66)67)38(63)68-12-11-61)33(54-23)29(15-20-13-21(44)16-22(45)14-20)55-30(62)18-58-36-31(35(56-58)42(51,52)53)26-17-27(26)41(36,49)50/h5-8,13-14,16,26-27,29,61H,9-12,15,17-19H2,1-4H3,(H,55,62)/t26-,27?,29-/m0/s1. The van der Waals surface area contributed by atoms with Crippen LogP contribution in [0.1, 0.15) is 72.6 Å². The lowest BCUT2D eigenvalue weighted by atomic mass is 9.93. The summed E-state index contributed by atoms with van der Waals surface area (Å²) < 4.78 is 202. The van der Waals surface area contributed by atoms with Crippen molar-refractivity contribution in [2.45, 2.75) is 87.6 Å². The molecule has 2 aliphatic rings. The average Bonchev–Trinajstić information content (AvgIpc) is 3.73. The highest BCUT2D eigenvalue weighted by molar-refractivity contribution is 7.92. The summed E-state index contributed by atoms with van der Waals surface area (Å²) in [4.78, 5) is 32.0. The summed E-state index contributed by atoms with van der Waals surface area (Å²) in [5, 5.41) is 17.8. The molecule has 2 aromatic carbocycles. The number of ether oxygens (including phenoxy) is 1. The molecule has 0 bridgehead atoms. The first-order valence-electron chi connectivity index (χ1n) is 20.8. The number of aliphatic hydroxyl groups excluding tert-OH is 1. The van der Waals surface area contributed by atoms with E-state index in [1.807, 2.05) is 0 Å². The molecular weight excluding hydrogens is 1020 g/mol. The minimum absolute atomic E-state index is 0.0447. The molecule has 0 aliphatic heterocycles. The molecule has 70 heavy (non-hydrogen) atoms. The van der Waals surface area contributed by atoms with Crippen LogP contribution in [0.5, 0.6) is 0 Å². The van der Waals surface area contributed by atoms with Gasteiger partial charge >= 0.3 is 18.4 Å². The van der Waals surface area contributed by atoms with Crippen LogP contribution in [0.3, 0.4) is 0 Å². The average molecular weight is 1060 g/mol. The van der Waals surface area contributed by atoms with E-state index in [2.05, 4.69) is 20.5 Å². The molecule has 0 saturated heterocycles. The molecule has 15 nitrogen and oxygen atoms in total. The molecule has 380 valence electrons. The number of alkyl halides is 8. The highest BCUT2D eigenvalue weighted by atomic mass is 35.5. The van der Waals surface area contributed by atoms with Crippen molar-refractivity contribution < 1.29 is 80.2 Å². The molecule has 2 N–H and O–H groups in total. The number of sulfone groups is 1. The zero-order valence-electron chi connectivity index (χ0n) is 36.9. The van der Waals surface area contributed by atoms with E-state index in [-0.39, 0.29) is 61.0 Å². The number of aliphatic hydroxyl groups is 1. The van der Waals surface area contributed by atoms with E-state index >= 15 is 8.78 Å². The summed E-state index contributed by atoms with van der Waals surface area (Å²) in [6.07, 6.45) is -11.8. The van der Waals surface area contributed by atoms with E-state index in [1.165, 1.54) is 26.0 Å². The van der Waals surface area contributed by atoms with Crippen LogP contribution in [0.4, 0.5) is 54.5 Å². The number of nitrogens with one attached hydrogen (secondary N) is 1. The van der Waals surface area contributed by atoms with E-state index in [0.717, 1.165) is 30.5 Å². The van der Waals surface area contributed by atoms with Gasteiger partial charge < -0.3 is 15.2 Å². The SMILES string of the molecule is CC(C)(CCc1ccc(-c2ccc(Cl)c3c(N(C(=O)OCCO)S(C)(=O)=O)nn(CC(F)(F)F)c23)c([C@H](Cc2cc(F)cc(F)c2)NC(=O)Cn2nc(C(F)(F)F)c3c2C(F)(F)C2C[C@H]32)n1)S(C)(=O)=O. The fourth-order valence-electron chi connectivity index (χ4n) is 8.39. The smallest absolute Gasteiger partial charge is 0.435 e. The number of sulfonamides is 1. The topological polar surface area (TPSA) is 196 Å². The lowest BCUT2D eigenvalue weighted by Crippen LogP contribution is -2.37. The number of nitrogens with zero attached hydrogens (tertiary/aromatic N) is 6. The van der Waals surface area contributed by atoms with Crippen molar-refractivity contribution in [3.8, 4) is 11.1 Å². The number of carbonyl (C=O) groups is 2. The van der Waals surface area contributed by atoms with Crippen molar-refractivity contribution in [3.63, 3.8) is 0 Å². The summed E-state index contributed by atoms with van der Waals surface area (Å²) in [7, 11) is -8.57. The van der Waals surface area contributed by atoms with Gasteiger partial charge in [0.1, 0.15) is 37.0 Å². The van der Waals surface area contributed by atoms with Gasteiger partial charge in [-0.1, -0.05) is 23.7 Å². The first-order valence-corrected chi connectivity index (χ1v) is 24.9. The molecule has 0 spiro atoms. The van der Waals surface area contributed by atoms with Gasteiger partial charge in [0.15, 0.2) is 21.3 Å². The highest BCUT2D eigenvalue weighted by Gasteiger charge is 2.68. The van der Waals surface area contributed by atoms with Crippen LogP contribution in [0.2, 0.25) is 5.02 Å². The zero-order chi connectivity index (χ0) is 51.8. The monoisotopic (exact) mass is 1060 g/mol. The molecule has 3 atom stereocenters. The van der Waals surface area contributed by atoms with Gasteiger partial charge in [-0.05, 0) is 75.3 Å². The molecular formula is C42H40ClF10N7O8S2. The van der Waals surface area contributed by atoms with E-state index < -0.39 is 156 Å². The number of carbonyl (C=O) groups excluding carboxylic acids is 2. The number of halogens is 11. The van der Waals surface area contributed by atoms with Crippen LogP contribution in [-0.2, 0) is 67.4 Å². The lowest BCUT2D eigenvalue weighted by molar-refractivity contribution is -0.143. The van der Waals surface area contributed by atoms with Crippen LogP contribution in [-0.4, -0.2) is 95.1 Å². The summed E-state index contributed by atoms with van der Waals surface area (Å²) in [5.41, 5.74) is -5.33. The number of aryl methyl sites for hydroxylation is 1. The van der Waals surface area contributed by atoms with Crippen molar-refractivity contribution >= 4 is 60.2 Å². The third-order valence-electron chi connectivity index (χ3n) is 11.9. The minimum Gasteiger partial charge on any atom is -0.446 e. The van der Waals surface area contributed by atoms with Gasteiger partial charge in [-0.25, -0.2) is 30.4 Å². The maximum absolute atomic E-state index is 15.6. The molecule has 2 amide bonds. The van der Waals surface area contributed by atoms with Gasteiger partial charge in [0.05, 0.1) is 45.3 Å². The maximum atomic E-state index is 15.6. The number of hydrogen-bond acceptors (Lipinski definition) is 11. The number of hydrogen-bond donors (Lipinski definition) is 2. The Morgan fingerprint density at radius 2 is 1.61 bits per heavy atom. The van der Waals surface area contributed by atoms with Crippen molar-refractivity contribution in [2.75, 3.05) is 30.0 Å². The molecule has 7 rings (SSSR count). The maximum Gasteiger partial charge on any atom is 0.435 e. The molecule has 5 aromatic rings. The summed E-state index contributed by atoms with van der Waals surface area (Å²) in [6, 6.07) is 5.12. The van der Waals surface area contributed by atoms with E-state index in [9.17, 15) is 66.7 Å². The fraction of sp³-hybridized carbons (Fsp3) is 0.452. The van der Waals surface area contributed by atoms with Crippen molar-refractivity contribution in [2.24, 2.45) is 5.92 Å². The summed E-state index contributed by atoms with van der Waals surface area (Å²) in [5.74, 6) is -11.1. The highest BCUT2D eigenvalue weighted by Crippen LogP contribution is 2.68. The molecule has 1 fully saturated rings. The van der Waals surface area contributed by atoms with Crippen LogP contribution < -0.4 is 9.62 Å². The van der Waals surface area contributed by atoms with Gasteiger partial charge in [0.2, 0.25) is 15.9 Å². The number of amides is 2. The Kier molecular flexibility index (Phi) is 13.6. The number of fused-ring (bicyclic) bond motifs is 4. The Labute approximate surface area is 396 Å². The van der Waals surface area contributed by atoms with Crippen LogP contribution in [0.25, 0.3) is 22.0 Å². The van der Waals surface area contributed by atoms with Crippen LogP contribution >= 0.6 is 11.6 Å². The molecule has 2 aliphatic carbocycles. The predicted molar refractivity (Wildman–Crippen MR) is 230 cm³/mol. The number of anilines is 1. The van der Waals surface area contributed by atoms with Gasteiger partial charge in [0.25, 0.3) is 5.92 Å². The molecule has 3 aromatic heterocycles. The fourth-order valence-corrected chi connectivity index (χ4v) is 9.86. The minimum atomic E-state index is -5.21. The first kappa shape index (κ1) is 52.3. The van der Waals surface area contributed by atoms with Crippen molar-refractivity contribution in [1.29, 1.82) is 0 Å². The second kappa shape index (κ2) is 18.3. The molecule has 3 heterocycles. The number of rotatable bonds is 16. The van der Waals surface area contributed by atoms with Gasteiger partial charge in [-0.2, -0.15) is 49.6 Å².